The maximum atomic E-state index is 4.78. The molecule has 0 amide bonds. The molecular formula is C14H24BrNS. The van der Waals surface area contributed by atoms with E-state index in [0.29, 0.717) is 10.2 Å². The zero-order valence-electron chi connectivity index (χ0n) is 11.8. The van der Waals surface area contributed by atoms with E-state index in [1.54, 1.807) is 11.3 Å². The normalized spacial score (nSPS) is 15.0. The van der Waals surface area contributed by atoms with Crippen LogP contribution in [-0.4, -0.2) is 9.81 Å². The minimum absolute atomic E-state index is 0.168. The van der Waals surface area contributed by atoms with E-state index >= 15 is 0 Å². The van der Waals surface area contributed by atoms with Gasteiger partial charge in [-0.15, -0.1) is 11.3 Å². The zero-order valence-corrected chi connectivity index (χ0v) is 14.2. The second-order valence-corrected chi connectivity index (χ2v) is 9.21. The average molecular weight is 318 g/mol. The molecule has 0 N–H and O–H groups in total. The Balaban J connectivity index is 2.72. The maximum absolute atomic E-state index is 4.78. The Morgan fingerprint density at radius 2 is 1.88 bits per heavy atom. The molecule has 1 aromatic heterocycles. The number of thiazole rings is 1. The van der Waals surface area contributed by atoms with Crippen molar-refractivity contribution in [2.75, 3.05) is 0 Å². The van der Waals surface area contributed by atoms with E-state index in [-0.39, 0.29) is 5.41 Å². The Morgan fingerprint density at radius 3 is 2.29 bits per heavy atom. The lowest BCUT2D eigenvalue weighted by Gasteiger charge is -2.24. The van der Waals surface area contributed by atoms with Crippen LogP contribution in [0.1, 0.15) is 58.7 Å². The fourth-order valence-electron chi connectivity index (χ4n) is 1.98. The first-order valence-electron chi connectivity index (χ1n) is 6.19. The lowest BCUT2D eigenvalue weighted by atomic mass is 9.85. The van der Waals surface area contributed by atoms with Crippen LogP contribution in [0.25, 0.3) is 0 Å². The zero-order chi connectivity index (χ0) is 13.3. The van der Waals surface area contributed by atoms with Gasteiger partial charge in [-0.2, -0.15) is 0 Å². The highest BCUT2D eigenvalue weighted by atomic mass is 79.9. The molecule has 0 aromatic carbocycles. The van der Waals surface area contributed by atoms with E-state index in [1.807, 2.05) is 0 Å². The van der Waals surface area contributed by atoms with Crippen molar-refractivity contribution in [1.29, 1.82) is 0 Å². The van der Waals surface area contributed by atoms with E-state index in [2.05, 4.69) is 62.9 Å². The average Bonchev–Trinajstić information content (AvgIpc) is 2.47. The van der Waals surface area contributed by atoms with Crippen molar-refractivity contribution < 1.29 is 0 Å². The molecule has 0 spiro atoms. The molecule has 17 heavy (non-hydrogen) atoms. The molecule has 98 valence electrons. The molecule has 1 aromatic rings. The minimum Gasteiger partial charge on any atom is -0.246 e. The van der Waals surface area contributed by atoms with Gasteiger partial charge >= 0.3 is 0 Å². The van der Waals surface area contributed by atoms with Gasteiger partial charge in [0.25, 0.3) is 0 Å². The van der Waals surface area contributed by atoms with E-state index in [4.69, 9.17) is 4.98 Å². The van der Waals surface area contributed by atoms with Gasteiger partial charge < -0.3 is 0 Å². The lowest BCUT2D eigenvalue weighted by molar-refractivity contribution is 0.334. The summed E-state index contributed by atoms with van der Waals surface area (Å²) in [5.41, 5.74) is 1.71. The van der Waals surface area contributed by atoms with Crippen LogP contribution in [0.5, 0.6) is 0 Å². The van der Waals surface area contributed by atoms with Crippen LogP contribution in [0, 0.1) is 5.41 Å². The smallest absolute Gasteiger partial charge is 0.0933 e. The Hall–Kier alpha value is 0.110. The van der Waals surface area contributed by atoms with Crippen molar-refractivity contribution in [2.24, 2.45) is 5.41 Å². The molecule has 0 saturated carbocycles. The second kappa shape index (κ2) is 5.40. The number of hydrogen-bond donors (Lipinski definition) is 0. The van der Waals surface area contributed by atoms with Gasteiger partial charge in [-0.25, -0.2) is 4.98 Å². The summed E-state index contributed by atoms with van der Waals surface area (Å²) < 4.78 is 0. The van der Waals surface area contributed by atoms with Crippen molar-refractivity contribution in [2.45, 2.75) is 64.6 Å². The van der Waals surface area contributed by atoms with E-state index < -0.39 is 0 Å². The van der Waals surface area contributed by atoms with E-state index in [9.17, 15) is 0 Å². The SMILES string of the molecule is CC(Br)CC(C)(C)Cc1nc(C(C)(C)C)cs1. The molecule has 0 aliphatic carbocycles. The van der Waals surface area contributed by atoms with Crippen molar-refractivity contribution in [3.63, 3.8) is 0 Å². The molecule has 0 aliphatic rings. The summed E-state index contributed by atoms with van der Waals surface area (Å²) in [6.45, 7) is 13.5. The highest BCUT2D eigenvalue weighted by molar-refractivity contribution is 9.09. The van der Waals surface area contributed by atoms with Gasteiger partial charge in [0.2, 0.25) is 0 Å². The molecule has 0 radical (unpaired) electrons. The Morgan fingerprint density at radius 1 is 1.29 bits per heavy atom. The van der Waals surface area contributed by atoms with Gasteiger partial charge in [0.05, 0.1) is 10.7 Å². The first-order valence-corrected chi connectivity index (χ1v) is 7.99. The van der Waals surface area contributed by atoms with Crippen LogP contribution < -0.4 is 0 Å². The number of aromatic nitrogens is 1. The van der Waals surface area contributed by atoms with Gasteiger partial charge in [-0.1, -0.05) is 57.5 Å². The Labute approximate surface area is 118 Å². The van der Waals surface area contributed by atoms with Crippen molar-refractivity contribution in [1.82, 2.24) is 4.98 Å². The predicted octanol–water partition coefficient (Wildman–Crippen LogP) is 5.18. The third-order valence-electron chi connectivity index (χ3n) is 2.78. The van der Waals surface area contributed by atoms with E-state index in [0.717, 1.165) is 6.42 Å². The quantitative estimate of drug-likeness (QED) is 0.697. The van der Waals surface area contributed by atoms with Gasteiger partial charge in [-0.05, 0) is 11.8 Å². The minimum atomic E-state index is 0.168. The summed E-state index contributed by atoms with van der Waals surface area (Å²) in [6.07, 6.45) is 2.25. The van der Waals surface area contributed by atoms with E-state index in [1.165, 1.54) is 17.1 Å². The molecule has 1 unspecified atom stereocenters. The summed E-state index contributed by atoms with van der Waals surface area (Å²) >= 11 is 5.45. The molecule has 0 fully saturated rings. The van der Waals surface area contributed by atoms with Crippen LogP contribution in [0.4, 0.5) is 0 Å². The predicted molar refractivity (Wildman–Crippen MR) is 81.3 cm³/mol. The van der Waals surface area contributed by atoms with Gasteiger partial charge in [0.15, 0.2) is 0 Å². The van der Waals surface area contributed by atoms with Gasteiger partial charge in [0.1, 0.15) is 0 Å². The molecule has 0 saturated heterocycles. The summed E-state index contributed by atoms with van der Waals surface area (Å²) in [5, 5.41) is 3.48. The molecule has 1 nitrogen and oxygen atoms in total. The number of hydrogen-bond acceptors (Lipinski definition) is 2. The largest absolute Gasteiger partial charge is 0.246 e. The fourth-order valence-corrected chi connectivity index (χ4v) is 4.14. The van der Waals surface area contributed by atoms with Crippen molar-refractivity contribution >= 4 is 27.3 Å². The monoisotopic (exact) mass is 317 g/mol. The topological polar surface area (TPSA) is 12.9 Å². The summed E-state index contributed by atoms with van der Waals surface area (Å²) in [4.78, 5) is 5.35. The van der Waals surface area contributed by atoms with Gasteiger partial charge in [-0.3, -0.25) is 0 Å². The summed E-state index contributed by atoms with van der Waals surface area (Å²) in [6, 6.07) is 0. The number of alkyl halides is 1. The molecule has 1 atom stereocenters. The third kappa shape index (κ3) is 5.09. The molecule has 0 aliphatic heterocycles. The number of rotatable bonds is 4. The van der Waals surface area contributed by atoms with Crippen LogP contribution in [0.2, 0.25) is 0 Å². The number of halogens is 1. The molecule has 1 rings (SSSR count). The summed E-state index contributed by atoms with van der Waals surface area (Å²) in [7, 11) is 0. The van der Waals surface area contributed by atoms with Crippen LogP contribution in [0.15, 0.2) is 5.38 Å². The lowest BCUT2D eigenvalue weighted by Crippen LogP contribution is -2.19. The molecule has 0 bridgehead atoms. The standard InChI is InChI=1S/C14H24BrNS/c1-10(15)7-14(5,6)8-12-16-11(9-17-12)13(2,3)4/h9-10H,7-8H2,1-6H3. The Bertz CT molecular complexity index is 361. The summed E-state index contributed by atoms with van der Waals surface area (Å²) in [5.74, 6) is 0. The van der Waals surface area contributed by atoms with Crippen molar-refractivity contribution in [3.05, 3.63) is 16.1 Å². The maximum Gasteiger partial charge on any atom is 0.0933 e. The molecule has 1 heterocycles. The second-order valence-electron chi connectivity index (χ2n) is 6.70. The highest BCUT2D eigenvalue weighted by Crippen LogP contribution is 2.32. The first kappa shape index (κ1) is 15.2. The van der Waals surface area contributed by atoms with Gasteiger partial charge in [0, 0.05) is 22.0 Å². The molecular weight excluding hydrogens is 294 g/mol. The third-order valence-corrected chi connectivity index (χ3v) is 3.96. The first-order chi connectivity index (χ1) is 7.60. The fraction of sp³-hybridized carbons (Fsp3) is 0.786. The highest BCUT2D eigenvalue weighted by Gasteiger charge is 2.24. The number of nitrogens with zero attached hydrogens (tertiary/aromatic N) is 1. The molecule has 3 heteroatoms. The van der Waals surface area contributed by atoms with Crippen LogP contribution in [-0.2, 0) is 11.8 Å². The van der Waals surface area contributed by atoms with Crippen LogP contribution >= 0.6 is 27.3 Å². The van der Waals surface area contributed by atoms with Crippen molar-refractivity contribution in [3.8, 4) is 0 Å². The van der Waals surface area contributed by atoms with Crippen LogP contribution in [0.3, 0.4) is 0 Å². The Kier molecular flexibility index (Phi) is 4.81.